The van der Waals surface area contributed by atoms with Gasteiger partial charge in [-0.05, 0) is 43.7 Å². The lowest BCUT2D eigenvalue weighted by molar-refractivity contribution is -0.390. The molecule has 0 radical (unpaired) electrons. The van der Waals surface area contributed by atoms with Crippen molar-refractivity contribution in [1.29, 1.82) is 0 Å². The maximum atomic E-state index is 13.2. The summed E-state index contributed by atoms with van der Waals surface area (Å²) in [5.74, 6) is -4.34. The highest BCUT2D eigenvalue weighted by atomic mass is 16.7. The highest BCUT2D eigenvalue weighted by molar-refractivity contribution is 5.87. The van der Waals surface area contributed by atoms with E-state index >= 15 is 0 Å². The highest BCUT2D eigenvalue weighted by Gasteiger charge is 3.10. The van der Waals surface area contributed by atoms with Crippen LogP contribution >= 0.6 is 0 Å². The van der Waals surface area contributed by atoms with Crippen LogP contribution in [-0.2, 0) is 9.47 Å². The van der Waals surface area contributed by atoms with Gasteiger partial charge < -0.3 is 45.1 Å². The van der Waals surface area contributed by atoms with Crippen molar-refractivity contribution < 1.29 is 44.9 Å². The van der Waals surface area contributed by atoms with Crippen LogP contribution in [0.5, 0.6) is 0 Å². The third-order valence-electron chi connectivity index (χ3n) is 11.3. The van der Waals surface area contributed by atoms with E-state index in [-0.39, 0.29) is 18.5 Å². The van der Waals surface area contributed by atoms with Crippen LogP contribution in [-0.4, -0.2) is 87.6 Å². The molecule has 194 valence electrons. The van der Waals surface area contributed by atoms with E-state index in [9.17, 15) is 35.4 Å². The monoisotopic (exact) mass is 493 g/mol. The molecule has 6 bridgehead atoms. The Balaban J connectivity index is 1.69. The molecule has 6 fully saturated rings. The fourth-order valence-corrected chi connectivity index (χ4v) is 9.56. The molecule has 4 aliphatic carbocycles. The number of esters is 1. The van der Waals surface area contributed by atoms with Gasteiger partial charge in [0.2, 0.25) is 0 Å². The van der Waals surface area contributed by atoms with Crippen molar-refractivity contribution in [2.45, 2.75) is 99.9 Å². The first-order chi connectivity index (χ1) is 16.0. The first-order valence-electron chi connectivity index (χ1n) is 12.4. The van der Waals surface area contributed by atoms with Gasteiger partial charge in [-0.15, -0.1) is 0 Å². The number of hydrogen-bond acceptors (Lipinski definition) is 9. The summed E-state index contributed by atoms with van der Waals surface area (Å²) in [5, 5.41) is 73.9. The molecule has 2 aliphatic heterocycles. The quantitative estimate of drug-likeness (QED) is 0.282. The van der Waals surface area contributed by atoms with Crippen LogP contribution < -0.4 is 0 Å². The SMILES string of the molecule is CC(C)[C@@]1(O)[C@H](OC(=O)c2ccc[nH]2)[C@@]2(O)[C@@]3(C)C[C@]4(O)O[C@@]5([C@H](O)[C@@H](C)CC[C@]35O)[C@@]2(O)[C@]14C. The Labute approximate surface area is 202 Å². The van der Waals surface area contributed by atoms with Crippen LogP contribution in [0.15, 0.2) is 18.3 Å². The van der Waals surface area contributed by atoms with Gasteiger partial charge in [0.15, 0.2) is 17.5 Å². The zero-order valence-electron chi connectivity index (χ0n) is 20.6. The Bertz CT molecular complexity index is 1130. The van der Waals surface area contributed by atoms with Gasteiger partial charge in [0.1, 0.15) is 28.1 Å². The summed E-state index contributed by atoms with van der Waals surface area (Å²) in [6, 6.07) is 3.06. The van der Waals surface area contributed by atoms with Crippen LogP contribution in [0.4, 0.5) is 0 Å². The summed E-state index contributed by atoms with van der Waals surface area (Å²) < 4.78 is 12.1. The Kier molecular flexibility index (Phi) is 4.06. The summed E-state index contributed by atoms with van der Waals surface area (Å²) in [6.45, 7) is 7.91. The van der Waals surface area contributed by atoms with E-state index in [0.29, 0.717) is 6.42 Å². The molecule has 0 amide bonds. The van der Waals surface area contributed by atoms with Gasteiger partial charge in [-0.2, -0.15) is 0 Å². The number of carbonyl (C=O) groups excluding carboxylic acids is 1. The van der Waals surface area contributed by atoms with Gasteiger partial charge in [0, 0.05) is 18.0 Å². The molecule has 0 unspecified atom stereocenters. The van der Waals surface area contributed by atoms with Crippen molar-refractivity contribution in [2.75, 3.05) is 0 Å². The molecule has 7 rings (SSSR count). The summed E-state index contributed by atoms with van der Waals surface area (Å²) in [6.07, 6.45) is -1.63. The molecule has 1 aromatic rings. The molecule has 6 aliphatic rings. The van der Waals surface area contributed by atoms with Crippen LogP contribution in [0.2, 0.25) is 0 Å². The lowest BCUT2D eigenvalue weighted by Crippen LogP contribution is -2.75. The van der Waals surface area contributed by atoms with E-state index in [1.165, 1.54) is 26.1 Å². The van der Waals surface area contributed by atoms with Gasteiger partial charge in [-0.25, -0.2) is 4.79 Å². The van der Waals surface area contributed by atoms with Crippen LogP contribution in [0.3, 0.4) is 0 Å². The summed E-state index contributed by atoms with van der Waals surface area (Å²) in [4.78, 5) is 15.9. The molecule has 7 N–H and O–H groups in total. The number of nitrogens with one attached hydrogen (secondary N) is 1. The minimum Gasteiger partial charge on any atom is -0.451 e. The van der Waals surface area contributed by atoms with Gasteiger partial charge in [0.05, 0.1) is 11.5 Å². The fourth-order valence-electron chi connectivity index (χ4n) is 9.56. The third kappa shape index (κ3) is 1.74. The molecule has 1 aromatic heterocycles. The first-order valence-corrected chi connectivity index (χ1v) is 12.4. The first kappa shape index (κ1) is 23.8. The maximum absolute atomic E-state index is 13.2. The van der Waals surface area contributed by atoms with Crippen LogP contribution in [0, 0.1) is 22.7 Å². The summed E-state index contributed by atoms with van der Waals surface area (Å²) in [5.41, 5.74) is -15.2. The highest BCUT2D eigenvalue weighted by Crippen LogP contribution is 2.90. The van der Waals surface area contributed by atoms with Crippen molar-refractivity contribution >= 4 is 5.97 Å². The number of aromatic amines is 1. The van der Waals surface area contributed by atoms with E-state index < -0.39 is 74.6 Å². The lowest BCUT2D eigenvalue weighted by Gasteiger charge is -2.60. The minimum atomic E-state index is -2.59. The van der Waals surface area contributed by atoms with Gasteiger partial charge in [0.25, 0.3) is 0 Å². The number of aliphatic hydroxyl groups excluding tert-OH is 1. The largest absolute Gasteiger partial charge is 0.451 e. The second kappa shape index (κ2) is 5.96. The third-order valence-corrected chi connectivity index (χ3v) is 11.3. The number of aliphatic hydroxyl groups is 6. The van der Waals surface area contributed by atoms with Crippen molar-refractivity contribution in [3.05, 3.63) is 24.0 Å². The molecule has 10 heteroatoms. The van der Waals surface area contributed by atoms with Crippen molar-refractivity contribution in [2.24, 2.45) is 22.7 Å². The molecule has 1 spiro atoms. The second-order valence-corrected chi connectivity index (χ2v) is 12.4. The normalized spacial score (nSPS) is 59.8. The standard InChI is InChI=1S/C25H35NO9/c1-12(2)22(31)17(34-16(28)14-7-6-10-26-14)23(32)18(4)11-21(30)19(22,5)25(23,33)24(35-21)15(27)13(3)8-9-20(18,24)29/h6-7,10,12-13,15,17,26-27,29-33H,8-9,11H2,1-5H3/t13-,15+,17-,18-,19-,20-,21-,22+,23+,24+,25+/m0/s1. The van der Waals surface area contributed by atoms with E-state index in [1.807, 2.05) is 0 Å². The Morgan fingerprint density at radius 3 is 2.43 bits per heavy atom. The van der Waals surface area contributed by atoms with Gasteiger partial charge in [-0.1, -0.05) is 27.7 Å². The molecule has 3 heterocycles. The fraction of sp³-hybridized carbons (Fsp3) is 0.800. The molecule has 4 saturated carbocycles. The molecular formula is C25H35NO9. The van der Waals surface area contributed by atoms with E-state index in [0.717, 1.165) is 0 Å². The number of carbonyl (C=O) groups is 1. The van der Waals surface area contributed by atoms with Gasteiger partial charge >= 0.3 is 5.97 Å². The van der Waals surface area contributed by atoms with Crippen molar-refractivity contribution in [1.82, 2.24) is 4.98 Å². The predicted molar refractivity (Wildman–Crippen MR) is 119 cm³/mol. The Morgan fingerprint density at radius 1 is 1.20 bits per heavy atom. The molecule has 35 heavy (non-hydrogen) atoms. The maximum Gasteiger partial charge on any atom is 0.355 e. The molecule has 2 saturated heterocycles. The lowest BCUT2D eigenvalue weighted by atomic mass is 9.52. The van der Waals surface area contributed by atoms with Crippen molar-refractivity contribution in [3.63, 3.8) is 0 Å². The number of hydrogen-bond donors (Lipinski definition) is 7. The van der Waals surface area contributed by atoms with Gasteiger partial charge in [-0.3, -0.25) is 0 Å². The number of aromatic nitrogens is 1. The molecule has 0 aromatic carbocycles. The molecular weight excluding hydrogens is 458 g/mol. The summed E-state index contributed by atoms with van der Waals surface area (Å²) >= 11 is 0. The zero-order valence-corrected chi connectivity index (χ0v) is 20.6. The van der Waals surface area contributed by atoms with E-state index in [1.54, 1.807) is 26.8 Å². The van der Waals surface area contributed by atoms with Crippen LogP contribution in [0.25, 0.3) is 0 Å². The molecule has 10 nitrogen and oxygen atoms in total. The number of H-pyrrole nitrogens is 1. The minimum absolute atomic E-state index is 0.0654. The predicted octanol–water partition coefficient (Wildman–Crippen LogP) is -0.188. The van der Waals surface area contributed by atoms with Crippen molar-refractivity contribution in [3.8, 4) is 0 Å². The molecule has 11 atom stereocenters. The smallest absolute Gasteiger partial charge is 0.355 e. The Morgan fingerprint density at radius 2 is 1.86 bits per heavy atom. The number of rotatable bonds is 3. The van der Waals surface area contributed by atoms with E-state index in [2.05, 4.69) is 4.98 Å². The average Bonchev–Trinajstić information content (AvgIpc) is 3.41. The Hall–Kier alpha value is -1.53. The zero-order chi connectivity index (χ0) is 25.8. The van der Waals surface area contributed by atoms with Crippen LogP contribution in [0.1, 0.15) is 64.4 Å². The average molecular weight is 494 g/mol. The number of ether oxygens (including phenoxy) is 2. The topological polar surface area (TPSA) is 173 Å². The second-order valence-electron chi connectivity index (χ2n) is 12.4. The van der Waals surface area contributed by atoms with E-state index in [4.69, 9.17) is 9.47 Å². The summed E-state index contributed by atoms with van der Waals surface area (Å²) in [7, 11) is 0.